The second-order valence-corrected chi connectivity index (χ2v) is 5.44. The quantitative estimate of drug-likeness (QED) is 0.486. The van der Waals surface area contributed by atoms with Gasteiger partial charge in [-0.2, -0.15) is 0 Å². The lowest BCUT2D eigenvalue weighted by Crippen LogP contribution is -2.13. The van der Waals surface area contributed by atoms with Crippen molar-refractivity contribution in [3.63, 3.8) is 0 Å². The van der Waals surface area contributed by atoms with Crippen LogP contribution in [-0.2, 0) is 11.2 Å². The molecule has 0 radical (unpaired) electrons. The number of thiophene rings is 1. The molecule has 0 saturated heterocycles. The molecule has 0 unspecified atom stereocenters. The number of carbonyl (C=O) groups is 1. The Morgan fingerprint density at radius 1 is 1.33 bits per heavy atom. The van der Waals surface area contributed by atoms with Crippen LogP contribution in [0.2, 0.25) is 0 Å². The number of benzene rings is 1. The first-order valence-electron chi connectivity index (χ1n) is 6.36. The van der Waals surface area contributed by atoms with Crippen molar-refractivity contribution in [3.05, 3.63) is 50.7 Å². The molecule has 2 aromatic rings. The molecule has 110 valence electrons. The molecule has 1 aromatic carbocycles. The number of phenolic OH excluding ortho intramolecular Hbond substituents is 1. The highest BCUT2D eigenvalue weighted by molar-refractivity contribution is 7.09. The second-order valence-electron chi connectivity index (χ2n) is 4.41. The predicted octanol–water partition coefficient (Wildman–Crippen LogP) is 3.32. The van der Waals surface area contributed by atoms with Crippen molar-refractivity contribution in [2.45, 2.75) is 19.3 Å². The molecule has 0 aliphatic carbocycles. The average molecular weight is 306 g/mol. The minimum Gasteiger partial charge on any atom is -0.505 e. The van der Waals surface area contributed by atoms with Crippen molar-refractivity contribution in [1.82, 2.24) is 0 Å². The van der Waals surface area contributed by atoms with Gasteiger partial charge in [-0.25, -0.2) is 0 Å². The zero-order valence-electron chi connectivity index (χ0n) is 11.1. The summed E-state index contributed by atoms with van der Waals surface area (Å²) in [5, 5.41) is 24.9. The summed E-state index contributed by atoms with van der Waals surface area (Å²) in [5.74, 6) is -0.660. The van der Waals surface area contributed by atoms with E-state index in [2.05, 4.69) is 5.32 Å². The number of hydrogen-bond donors (Lipinski definition) is 2. The number of rotatable bonds is 6. The van der Waals surface area contributed by atoms with Crippen LogP contribution in [0.4, 0.5) is 11.4 Å². The monoisotopic (exact) mass is 306 g/mol. The lowest BCUT2D eigenvalue weighted by atomic mass is 10.2. The highest BCUT2D eigenvalue weighted by Gasteiger charge is 2.19. The Hall–Kier alpha value is -2.41. The van der Waals surface area contributed by atoms with Gasteiger partial charge >= 0.3 is 0 Å². The second kappa shape index (κ2) is 6.85. The van der Waals surface area contributed by atoms with Crippen molar-refractivity contribution in [1.29, 1.82) is 0 Å². The summed E-state index contributed by atoms with van der Waals surface area (Å²) in [4.78, 5) is 23.2. The normalized spacial score (nSPS) is 10.3. The summed E-state index contributed by atoms with van der Waals surface area (Å²) in [6, 6.07) is 7.84. The Bertz CT molecular complexity index is 640. The van der Waals surface area contributed by atoms with E-state index < -0.39 is 4.92 Å². The van der Waals surface area contributed by atoms with Crippen LogP contribution in [0.1, 0.15) is 17.7 Å². The number of phenols is 1. The fraction of sp³-hybridized carbons (Fsp3) is 0.214. The number of nitrogens with zero attached hydrogens (tertiary/aromatic N) is 1. The number of nitrogens with one attached hydrogen (secondary N) is 1. The molecule has 1 aromatic heterocycles. The highest BCUT2D eigenvalue weighted by Crippen LogP contribution is 2.33. The topological polar surface area (TPSA) is 92.5 Å². The average Bonchev–Trinajstić information content (AvgIpc) is 2.94. The van der Waals surface area contributed by atoms with E-state index in [1.54, 1.807) is 11.3 Å². The first kappa shape index (κ1) is 15.0. The molecule has 2 N–H and O–H groups in total. The first-order valence-corrected chi connectivity index (χ1v) is 7.24. The van der Waals surface area contributed by atoms with Crippen LogP contribution in [0.5, 0.6) is 5.75 Å². The van der Waals surface area contributed by atoms with Gasteiger partial charge in [0.25, 0.3) is 5.69 Å². The molecule has 7 heteroatoms. The maximum Gasteiger partial charge on any atom is 0.296 e. The van der Waals surface area contributed by atoms with Crippen LogP contribution >= 0.6 is 11.3 Å². The van der Waals surface area contributed by atoms with Gasteiger partial charge in [-0.3, -0.25) is 14.9 Å². The number of anilines is 1. The summed E-state index contributed by atoms with van der Waals surface area (Å²) >= 11 is 1.63. The Labute approximate surface area is 125 Å². The number of amides is 1. The van der Waals surface area contributed by atoms with E-state index in [9.17, 15) is 20.0 Å². The van der Waals surface area contributed by atoms with Crippen LogP contribution < -0.4 is 5.32 Å². The van der Waals surface area contributed by atoms with Gasteiger partial charge in [0, 0.05) is 17.4 Å². The van der Waals surface area contributed by atoms with Crippen LogP contribution in [0, 0.1) is 10.1 Å². The Balaban J connectivity index is 1.95. The van der Waals surface area contributed by atoms with Gasteiger partial charge in [0.15, 0.2) is 5.69 Å². The Morgan fingerprint density at radius 3 is 2.81 bits per heavy atom. The molecule has 0 saturated carbocycles. The van der Waals surface area contributed by atoms with Crippen molar-refractivity contribution < 1.29 is 14.8 Å². The molecule has 21 heavy (non-hydrogen) atoms. The lowest BCUT2D eigenvalue weighted by molar-refractivity contribution is -0.384. The maximum absolute atomic E-state index is 11.8. The van der Waals surface area contributed by atoms with Gasteiger partial charge in [0.1, 0.15) is 5.75 Å². The zero-order chi connectivity index (χ0) is 15.2. The maximum atomic E-state index is 11.8. The smallest absolute Gasteiger partial charge is 0.296 e. The van der Waals surface area contributed by atoms with E-state index in [0.717, 1.165) is 6.42 Å². The molecular weight excluding hydrogens is 292 g/mol. The first-order chi connectivity index (χ1) is 10.1. The third-order valence-electron chi connectivity index (χ3n) is 2.89. The minimum atomic E-state index is -0.638. The molecule has 0 fully saturated rings. The number of aryl methyl sites for hydroxylation is 1. The standard InChI is InChI=1S/C14H14N2O4S/c17-12-7-2-6-11(16(19)20)14(12)15-13(18)8-1-4-10-5-3-9-21-10/h2-3,5-7,9,17H,1,4,8H2,(H,15,18). The molecule has 0 aliphatic rings. The third-order valence-corrected chi connectivity index (χ3v) is 3.82. The van der Waals surface area contributed by atoms with Crippen molar-refractivity contribution >= 4 is 28.6 Å². The molecule has 1 heterocycles. The summed E-state index contributed by atoms with van der Waals surface area (Å²) in [5.41, 5.74) is -0.467. The van der Waals surface area contributed by atoms with Crippen LogP contribution in [0.3, 0.4) is 0 Å². The van der Waals surface area contributed by atoms with E-state index in [1.165, 1.54) is 23.1 Å². The van der Waals surface area contributed by atoms with E-state index in [1.807, 2.05) is 17.5 Å². The van der Waals surface area contributed by atoms with Gasteiger partial charge < -0.3 is 10.4 Å². The molecule has 0 atom stereocenters. The van der Waals surface area contributed by atoms with Crippen molar-refractivity contribution in [3.8, 4) is 5.75 Å². The third kappa shape index (κ3) is 4.03. The van der Waals surface area contributed by atoms with Crippen molar-refractivity contribution in [2.75, 3.05) is 5.32 Å². The molecule has 0 spiro atoms. The Kier molecular flexibility index (Phi) is 4.89. The van der Waals surface area contributed by atoms with Crippen LogP contribution in [-0.4, -0.2) is 15.9 Å². The highest BCUT2D eigenvalue weighted by atomic mass is 32.1. The molecule has 0 aliphatic heterocycles. The number of hydrogen-bond acceptors (Lipinski definition) is 5. The van der Waals surface area contributed by atoms with Gasteiger partial charge in [-0.1, -0.05) is 12.1 Å². The van der Waals surface area contributed by atoms with E-state index in [4.69, 9.17) is 0 Å². The molecule has 6 nitrogen and oxygen atoms in total. The Morgan fingerprint density at radius 2 is 2.14 bits per heavy atom. The van der Waals surface area contributed by atoms with Crippen LogP contribution in [0.15, 0.2) is 35.7 Å². The number of aromatic hydroxyl groups is 1. The number of para-hydroxylation sites is 1. The number of nitro benzene ring substituents is 1. The molecule has 0 bridgehead atoms. The van der Waals surface area contributed by atoms with E-state index >= 15 is 0 Å². The van der Waals surface area contributed by atoms with Gasteiger partial charge in [0.05, 0.1) is 4.92 Å². The van der Waals surface area contributed by atoms with Crippen LogP contribution in [0.25, 0.3) is 0 Å². The van der Waals surface area contributed by atoms with Gasteiger partial charge in [-0.05, 0) is 30.4 Å². The number of nitro groups is 1. The summed E-state index contributed by atoms with van der Waals surface area (Å²) < 4.78 is 0. The van der Waals surface area contributed by atoms with Gasteiger partial charge in [-0.15, -0.1) is 11.3 Å². The number of carbonyl (C=O) groups excluding carboxylic acids is 1. The molecule has 2 rings (SSSR count). The predicted molar refractivity (Wildman–Crippen MR) is 80.6 cm³/mol. The van der Waals surface area contributed by atoms with Crippen molar-refractivity contribution in [2.24, 2.45) is 0 Å². The summed E-state index contributed by atoms with van der Waals surface area (Å²) in [7, 11) is 0. The van der Waals surface area contributed by atoms with E-state index in [0.29, 0.717) is 6.42 Å². The van der Waals surface area contributed by atoms with E-state index in [-0.39, 0.29) is 29.5 Å². The summed E-state index contributed by atoms with van der Waals surface area (Å²) in [6.45, 7) is 0. The fourth-order valence-corrected chi connectivity index (χ4v) is 2.64. The summed E-state index contributed by atoms with van der Waals surface area (Å²) in [6.07, 6.45) is 1.67. The zero-order valence-corrected chi connectivity index (χ0v) is 11.9. The van der Waals surface area contributed by atoms with Gasteiger partial charge in [0.2, 0.25) is 5.91 Å². The fourth-order valence-electron chi connectivity index (χ4n) is 1.89. The minimum absolute atomic E-state index is 0.149. The lowest BCUT2D eigenvalue weighted by Gasteiger charge is -2.07. The SMILES string of the molecule is O=C(CCCc1cccs1)Nc1c(O)cccc1[N+](=O)[O-]. The largest absolute Gasteiger partial charge is 0.505 e. The molecule has 1 amide bonds. The molecular formula is C14H14N2O4S.